The van der Waals surface area contributed by atoms with Gasteiger partial charge < -0.3 is 9.47 Å². The lowest BCUT2D eigenvalue weighted by atomic mass is 10.1. The molecule has 0 amide bonds. The molecule has 0 fully saturated rings. The predicted octanol–water partition coefficient (Wildman–Crippen LogP) is 9.01. The molecular weight excluding hydrogens is 670 g/mol. The molecule has 0 spiro atoms. The predicted molar refractivity (Wildman–Crippen MR) is 166 cm³/mol. The number of hydrogen-bond donors (Lipinski definition) is 0. The third kappa shape index (κ3) is 6.56. The van der Waals surface area contributed by atoms with E-state index in [1.54, 1.807) is 43.3 Å². The highest BCUT2D eigenvalue weighted by molar-refractivity contribution is 9.10. The number of aromatic nitrogens is 2. The van der Waals surface area contributed by atoms with Gasteiger partial charge in [-0.2, -0.15) is 22.9 Å². The Balaban J connectivity index is 1.60. The summed E-state index contributed by atoms with van der Waals surface area (Å²) in [5, 5.41) is 5.32. The molecule has 1 aromatic heterocycles. The van der Waals surface area contributed by atoms with Crippen molar-refractivity contribution in [3.8, 4) is 22.9 Å². The standard InChI is InChI=1S/C31H21BrCl2F3N3O3/c1-2-42-25-15-20(26(32)27(34)28(25)43-17-19-8-3-5-12-23(19)33)16-38-40-29(18-9-7-10-21(14-18)31(35,36)37)39-24-13-6-4-11-22(24)30(40)41/h3-16H,2,17H2,1H3. The van der Waals surface area contributed by atoms with Crippen LogP contribution in [0.2, 0.25) is 10.0 Å². The smallest absolute Gasteiger partial charge is 0.416 e. The normalized spacial score (nSPS) is 11.8. The average Bonchev–Trinajstić information content (AvgIpc) is 2.99. The molecule has 0 aliphatic heterocycles. The molecule has 0 unspecified atom stereocenters. The fourth-order valence-electron chi connectivity index (χ4n) is 4.23. The lowest BCUT2D eigenvalue weighted by molar-refractivity contribution is -0.137. The fraction of sp³-hybridized carbons (Fsp3) is 0.129. The molecule has 4 aromatic carbocycles. The Hall–Kier alpha value is -3.86. The van der Waals surface area contributed by atoms with Gasteiger partial charge in [-0.3, -0.25) is 4.79 Å². The summed E-state index contributed by atoms with van der Waals surface area (Å²) in [6.07, 6.45) is -3.25. The zero-order chi connectivity index (χ0) is 30.7. The average molecular weight is 691 g/mol. The Labute approximate surface area is 262 Å². The molecule has 5 aromatic rings. The quantitative estimate of drug-likeness (QED) is 0.153. The molecule has 12 heteroatoms. The maximum absolute atomic E-state index is 13.5. The number of ether oxygens (including phenoxy) is 2. The summed E-state index contributed by atoms with van der Waals surface area (Å²) < 4.78 is 53.7. The van der Waals surface area contributed by atoms with Crippen molar-refractivity contribution in [3.63, 3.8) is 0 Å². The molecular formula is C31H21BrCl2F3N3O3. The first-order chi connectivity index (χ1) is 20.6. The van der Waals surface area contributed by atoms with E-state index in [-0.39, 0.29) is 34.2 Å². The second-order valence-electron chi connectivity index (χ2n) is 9.13. The van der Waals surface area contributed by atoms with Gasteiger partial charge in [-0.05, 0) is 59.3 Å². The number of benzene rings is 4. The van der Waals surface area contributed by atoms with Gasteiger partial charge in [0.25, 0.3) is 5.56 Å². The van der Waals surface area contributed by atoms with Crippen molar-refractivity contribution in [2.75, 3.05) is 6.61 Å². The highest BCUT2D eigenvalue weighted by Gasteiger charge is 2.31. The molecule has 0 aliphatic rings. The number of nitrogens with zero attached hydrogens (tertiary/aromatic N) is 3. The van der Waals surface area contributed by atoms with Gasteiger partial charge in [-0.1, -0.05) is 65.7 Å². The summed E-state index contributed by atoms with van der Waals surface area (Å²) in [5.74, 6) is 0.505. The zero-order valence-electron chi connectivity index (χ0n) is 22.3. The Bertz CT molecular complexity index is 1910. The van der Waals surface area contributed by atoms with E-state index in [2.05, 4.69) is 26.0 Å². The Morgan fingerprint density at radius 2 is 1.74 bits per heavy atom. The van der Waals surface area contributed by atoms with E-state index < -0.39 is 17.3 Å². The lowest BCUT2D eigenvalue weighted by Gasteiger charge is -2.16. The minimum absolute atomic E-state index is 0.0604. The number of para-hydroxylation sites is 1. The second kappa shape index (κ2) is 12.8. The monoisotopic (exact) mass is 689 g/mol. The summed E-state index contributed by atoms with van der Waals surface area (Å²) in [6, 6.07) is 19.9. The van der Waals surface area contributed by atoms with Crippen LogP contribution in [0.25, 0.3) is 22.3 Å². The van der Waals surface area contributed by atoms with E-state index in [4.69, 9.17) is 32.7 Å². The van der Waals surface area contributed by atoms with Crippen LogP contribution >= 0.6 is 39.1 Å². The van der Waals surface area contributed by atoms with Crippen molar-refractivity contribution in [3.05, 3.63) is 120 Å². The molecule has 0 saturated heterocycles. The number of rotatable bonds is 8. The first-order valence-electron chi connectivity index (χ1n) is 12.8. The highest BCUT2D eigenvalue weighted by atomic mass is 79.9. The van der Waals surface area contributed by atoms with Crippen LogP contribution in [0.3, 0.4) is 0 Å². The van der Waals surface area contributed by atoms with Crippen LogP contribution < -0.4 is 15.0 Å². The van der Waals surface area contributed by atoms with Crippen molar-refractivity contribution in [2.24, 2.45) is 5.10 Å². The maximum atomic E-state index is 13.5. The third-order valence-electron chi connectivity index (χ3n) is 6.30. The van der Waals surface area contributed by atoms with Crippen molar-refractivity contribution in [2.45, 2.75) is 19.7 Å². The second-order valence-corrected chi connectivity index (χ2v) is 10.7. The van der Waals surface area contributed by atoms with Gasteiger partial charge in [0.15, 0.2) is 17.3 Å². The lowest BCUT2D eigenvalue weighted by Crippen LogP contribution is -2.20. The third-order valence-corrected chi connectivity index (χ3v) is 8.11. The van der Waals surface area contributed by atoms with E-state index in [0.717, 1.165) is 22.4 Å². The molecule has 0 N–H and O–H groups in total. The first-order valence-corrected chi connectivity index (χ1v) is 14.4. The Morgan fingerprint density at radius 1 is 1.00 bits per heavy atom. The fourth-order valence-corrected chi connectivity index (χ4v) is 5.08. The van der Waals surface area contributed by atoms with Crippen LogP contribution in [0.5, 0.6) is 11.5 Å². The summed E-state index contributed by atoms with van der Waals surface area (Å²) >= 11 is 16.4. The van der Waals surface area contributed by atoms with Gasteiger partial charge in [0.1, 0.15) is 11.6 Å². The number of hydrogen-bond acceptors (Lipinski definition) is 5. The van der Waals surface area contributed by atoms with Gasteiger partial charge in [-0.25, -0.2) is 4.98 Å². The number of halogens is 6. The van der Waals surface area contributed by atoms with Crippen molar-refractivity contribution in [1.29, 1.82) is 0 Å². The summed E-state index contributed by atoms with van der Waals surface area (Å²) in [6.45, 7) is 2.21. The van der Waals surface area contributed by atoms with Crippen LogP contribution in [0, 0.1) is 0 Å². The number of alkyl halides is 3. The summed E-state index contributed by atoms with van der Waals surface area (Å²) in [7, 11) is 0. The van der Waals surface area contributed by atoms with Gasteiger partial charge in [-0.15, -0.1) is 0 Å². The van der Waals surface area contributed by atoms with Crippen LogP contribution in [-0.4, -0.2) is 22.5 Å². The van der Waals surface area contributed by atoms with Gasteiger partial charge in [0.05, 0.1) is 29.3 Å². The SMILES string of the molecule is CCOc1cc(C=Nn2c(-c3cccc(C(F)(F)F)c3)nc3ccccc3c2=O)c(Br)c(Cl)c1OCc1ccccc1Cl. The molecule has 0 bridgehead atoms. The van der Waals surface area contributed by atoms with Crippen LogP contribution in [0.15, 0.2) is 93.2 Å². The Kier molecular flexibility index (Phi) is 9.10. The van der Waals surface area contributed by atoms with Crippen LogP contribution in [0.4, 0.5) is 13.2 Å². The van der Waals surface area contributed by atoms with Crippen LogP contribution in [-0.2, 0) is 12.8 Å². The molecule has 0 aliphatic carbocycles. The molecule has 1 heterocycles. The van der Waals surface area contributed by atoms with E-state index in [9.17, 15) is 18.0 Å². The number of fused-ring (bicyclic) bond motifs is 1. The molecule has 6 nitrogen and oxygen atoms in total. The Morgan fingerprint density at radius 3 is 2.49 bits per heavy atom. The van der Waals surface area contributed by atoms with E-state index in [1.165, 1.54) is 18.3 Å². The molecule has 5 rings (SSSR count). The maximum Gasteiger partial charge on any atom is 0.416 e. The molecule has 0 radical (unpaired) electrons. The summed E-state index contributed by atoms with van der Waals surface area (Å²) in [4.78, 5) is 18.0. The topological polar surface area (TPSA) is 65.7 Å². The molecule has 220 valence electrons. The van der Waals surface area contributed by atoms with Gasteiger partial charge in [0.2, 0.25) is 0 Å². The summed E-state index contributed by atoms with van der Waals surface area (Å²) in [5.41, 5.74) is 0.0789. The first kappa shape index (κ1) is 30.6. The largest absolute Gasteiger partial charge is 0.490 e. The zero-order valence-corrected chi connectivity index (χ0v) is 25.4. The van der Waals surface area contributed by atoms with E-state index in [0.29, 0.717) is 32.9 Å². The van der Waals surface area contributed by atoms with Crippen molar-refractivity contribution in [1.82, 2.24) is 9.66 Å². The minimum atomic E-state index is -4.59. The molecule has 43 heavy (non-hydrogen) atoms. The molecule has 0 saturated carbocycles. The van der Waals surface area contributed by atoms with Crippen molar-refractivity contribution < 1.29 is 22.6 Å². The highest BCUT2D eigenvalue weighted by Crippen LogP contribution is 2.43. The minimum Gasteiger partial charge on any atom is -0.490 e. The van der Waals surface area contributed by atoms with E-state index in [1.807, 2.05) is 18.2 Å². The van der Waals surface area contributed by atoms with E-state index >= 15 is 0 Å². The van der Waals surface area contributed by atoms with Gasteiger partial charge in [0, 0.05) is 26.2 Å². The van der Waals surface area contributed by atoms with Crippen molar-refractivity contribution >= 4 is 56.2 Å². The van der Waals surface area contributed by atoms with Crippen LogP contribution in [0.1, 0.15) is 23.6 Å². The van der Waals surface area contributed by atoms with Gasteiger partial charge >= 0.3 is 6.18 Å². The molecule has 0 atom stereocenters.